The summed E-state index contributed by atoms with van der Waals surface area (Å²) in [6.45, 7) is 3.60. The average molecular weight is 358 g/mol. The van der Waals surface area contributed by atoms with Crippen LogP contribution in [0.5, 0.6) is 0 Å². The minimum Gasteiger partial charge on any atom is -0.459 e. The van der Waals surface area contributed by atoms with Gasteiger partial charge < -0.3 is 19.8 Å². The summed E-state index contributed by atoms with van der Waals surface area (Å²) < 4.78 is 10.00. The number of carbonyl (C=O) groups is 3. The number of carbonyl (C=O) groups excluding carboxylic acids is 3. The van der Waals surface area contributed by atoms with Crippen molar-refractivity contribution in [3.8, 4) is 0 Å². The zero-order valence-corrected chi connectivity index (χ0v) is 14.8. The van der Waals surface area contributed by atoms with Crippen LogP contribution in [0, 0.1) is 0 Å². The molecule has 0 saturated carbocycles. The Morgan fingerprint density at radius 2 is 1.88 bits per heavy atom. The van der Waals surface area contributed by atoms with Gasteiger partial charge in [0, 0.05) is 11.7 Å². The van der Waals surface area contributed by atoms with Crippen LogP contribution >= 0.6 is 0 Å². The van der Waals surface area contributed by atoms with Crippen LogP contribution in [0.4, 0.5) is 5.69 Å². The first-order valence-corrected chi connectivity index (χ1v) is 8.41. The molecule has 0 aliphatic carbocycles. The molecule has 1 aromatic carbocycles. The largest absolute Gasteiger partial charge is 0.459 e. The highest BCUT2D eigenvalue weighted by molar-refractivity contribution is 6.02. The molecule has 2 amide bonds. The first kappa shape index (κ1) is 19.2. The molecule has 2 N–H and O–H groups in total. The predicted molar refractivity (Wildman–Crippen MR) is 95.9 cm³/mol. The lowest BCUT2D eigenvalue weighted by Crippen LogP contribution is -2.35. The molecule has 1 heterocycles. The van der Waals surface area contributed by atoms with Crippen LogP contribution in [0.2, 0.25) is 0 Å². The Morgan fingerprint density at radius 1 is 1.15 bits per heavy atom. The van der Waals surface area contributed by atoms with E-state index in [-0.39, 0.29) is 35.8 Å². The summed E-state index contributed by atoms with van der Waals surface area (Å²) in [4.78, 5) is 35.5. The maximum Gasteiger partial charge on any atom is 0.338 e. The monoisotopic (exact) mass is 358 g/mol. The number of nitrogens with one attached hydrogen (secondary N) is 2. The smallest absolute Gasteiger partial charge is 0.338 e. The highest BCUT2D eigenvalue weighted by atomic mass is 16.5. The fourth-order valence-electron chi connectivity index (χ4n) is 2.33. The second kappa shape index (κ2) is 9.41. The maximum absolute atomic E-state index is 12.0. The Balaban J connectivity index is 1.82. The molecular weight excluding hydrogens is 336 g/mol. The van der Waals surface area contributed by atoms with Gasteiger partial charge in [0.25, 0.3) is 11.8 Å². The van der Waals surface area contributed by atoms with Crippen molar-refractivity contribution in [3.63, 3.8) is 0 Å². The molecule has 0 spiro atoms. The van der Waals surface area contributed by atoms with E-state index in [1.54, 1.807) is 24.3 Å². The predicted octanol–water partition coefficient (Wildman–Crippen LogP) is 2.99. The summed E-state index contributed by atoms with van der Waals surface area (Å²) in [5.74, 6) is -1.13. The molecule has 0 saturated heterocycles. The standard InChI is InChI=1S/C19H22N2O5/c1-3-5-13(2)20-17(22)12-26-19(24)14-7-9-15(10-8-14)21-18(23)16-6-4-11-25-16/h4,6-11,13H,3,5,12H2,1-2H3,(H,20,22)(H,21,23)/t13-/m0/s1. The summed E-state index contributed by atoms with van der Waals surface area (Å²) in [6, 6.07) is 9.38. The number of benzene rings is 1. The van der Waals surface area contributed by atoms with Gasteiger partial charge >= 0.3 is 5.97 Å². The van der Waals surface area contributed by atoms with Crippen LogP contribution in [-0.2, 0) is 9.53 Å². The Hall–Kier alpha value is -3.09. The fourth-order valence-corrected chi connectivity index (χ4v) is 2.33. The van der Waals surface area contributed by atoms with Crippen molar-refractivity contribution in [1.29, 1.82) is 0 Å². The zero-order chi connectivity index (χ0) is 18.9. The lowest BCUT2D eigenvalue weighted by molar-refractivity contribution is -0.124. The van der Waals surface area contributed by atoms with Crippen molar-refractivity contribution in [2.45, 2.75) is 32.7 Å². The normalized spacial score (nSPS) is 11.5. The van der Waals surface area contributed by atoms with Gasteiger partial charge in [0.15, 0.2) is 12.4 Å². The maximum atomic E-state index is 12.0. The molecule has 7 heteroatoms. The number of esters is 1. The molecule has 7 nitrogen and oxygen atoms in total. The number of hydrogen-bond acceptors (Lipinski definition) is 5. The van der Waals surface area contributed by atoms with E-state index in [9.17, 15) is 14.4 Å². The van der Waals surface area contributed by atoms with Gasteiger partial charge in [-0.15, -0.1) is 0 Å². The van der Waals surface area contributed by atoms with Crippen LogP contribution < -0.4 is 10.6 Å². The van der Waals surface area contributed by atoms with Gasteiger partial charge in [-0.25, -0.2) is 4.79 Å². The molecule has 0 fully saturated rings. The van der Waals surface area contributed by atoms with E-state index in [1.807, 2.05) is 13.8 Å². The quantitative estimate of drug-likeness (QED) is 0.707. The lowest BCUT2D eigenvalue weighted by atomic mass is 10.2. The molecule has 138 valence electrons. The molecule has 1 aromatic heterocycles. The van der Waals surface area contributed by atoms with E-state index in [2.05, 4.69) is 10.6 Å². The van der Waals surface area contributed by atoms with Crippen LogP contribution in [0.1, 0.15) is 47.6 Å². The van der Waals surface area contributed by atoms with Gasteiger partial charge in [-0.05, 0) is 49.7 Å². The van der Waals surface area contributed by atoms with Gasteiger partial charge in [0.2, 0.25) is 0 Å². The molecule has 0 aliphatic rings. The fraction of sp³-hybridized carbons (Fsp3) is 0.316. The second-order valence-electron chi connectivity index (χ2n) is 5.84. The van der Waals surface area contributed by atoms with E-state index in [0.29, 0.717) is 5.69 Å². The molecule has 2 rings (SSSR count). The van der Waals surface area contributed by atoms with E-state index < -0.39 is 5.97 Å². The topological polar surface area (TPSA) is 97.6 Å². The Labute approximate surface area is 151 Å². The molecule has 0 bridgehead atoms. The van der Waals surface area contributed by atoms with Crippen molar-refractivity contribution in [1.82, 2.24) is 5.32 Å². The van der Waals surface area contributed by atoms with Crippen LogP contribution in [-0.4, -0.2) is 30.4 Å². The SMILES string of the molecule is CCC[C@H](C)NC(=O)COC(=O)c1ccc(NC(=O)c2ccco2)cc1. The highest BCUT2D eigenvalue weighted by Gasteiger charge is 2.13. The van der Waals surface area contributed by atoms with Gasteiger partial charge in [-0.1, -0.05) is 13.3 Å². The number of amides is 2. The summed E-state index contributed by atoms with van der Waals surface area (Å²) >= 11 is 0. The van der Waals surface area contributed by atoms with Gasteiger partial charge in [0.1, 0.15) is 0 Å². The minimum absolute atomic E-state index is 0.0447. The average Bonchev–Trinajstić information content (AvgIpc) is 3.15. The van der Waals surface area contributed by atoms with Crippen molar-refractivity contribution < 1.29 is 23.5 Å². The van der Waals surface area contributed by atoms with E-state index in [4.69, 9.17) is 9.15 Å². The zero-order valence-electron chi connectivity index (χ0n) is 14.8. The number of ether oxygens (including phenoxy) is 1. The molecule has 0 aliphatic heterocycles. The first-order valence-electron chi connectivity index (χ1n) is 8.41. The van der Waals surface area contributed by atoms with E-state index in [0.717, 1.165) is 12.8 Å². The molecular formula is C19H22N2O5. The third-order valence-corrected chi connectivity index (χ3v) is 3.59. The molecule has 0 radical (unpaired) electrons. The number of furan rings is 1. The van der Waals surface area contributed by atoms with E-state index in [1.165, 1.54) is 18.4 Å². The first-order chi connectivity index (χ1) is 12.5. The van der Waals surface area contributed by atoms with E-state index >= 15 is 0 Å². The minimum atomic E-state index is -0.604. The van der Waals surface area contributed by atoms with Gasteiger partial charge in [-0.3, -0.25) is 9.59 Å². The molecule has 0 unspecified atom stereocenters. The summed E-state index contributed by atoms with van der Waals surface area (Å²) in [5, 5.41) is 5.40. The second-order valence-corrected chi connectivity index (χ2v) is 5.84. The van der Waals surface area contributed by atoms with Crippen molar-refractivity contribution in [3.05, 3.63) is 54.0 Å². The number of hydrogen-bond donors (Lipinski definition) is 2. The summed E-state index contributed by atoms with van der Waals surface area (Å²) in [5.41, 5.74) is 0.796. The molecule has 2 aromatic rings. The third-order valence-electron chi connectivity index (χ3n) is 3.59. The number of anilines is 1. The number of rotatable bonds is 8. The molecule has 26 heavy (non-hydrogen) atoms. The van der Waals surface area contributed by atoms with Crippen molar-refractivity contribution in [2.24, 2.45) is 0 Å². The Kier molecular flexibility index (Phi) is 6.96. The Morgan fingerprint density at radius 3 is 2.50 bits per heavy atom. The van der Waals surface area contributed by atoms with Crippen LogP contribution in [0.25, 0.3) is 0 Å². The van der Waals surface area contributed by atoms with Gasteiger partial charge in [-0.2, -0.15) is 0 Å². The van der Waals surface area contributed by atoms with Crippen LogP contribution in [0.15, 0.2) is 47.1 Å². The third kappa shape index (κ3) is 5.77. The highest BCUT2D eigenvalue weighted by Crippen LogP contribution is 2.12. The van der Waals surface area contributed by atoms with Crippen molar-refractivity contribution in [2.75, 3.05) is 11.9 Å². The Bertz CT molecular complexity index is 738. The van der Waals surface area contributed by atoms with Gasteiger partial charge in [0.05, 0.1) is 11.8 Å². The summed E-state index contributed by atoms with van der Waals surface area (Å²) in [7, 11) is 0. The van der Waals surface area contributed by atoms with Crippen LogP contribution in [0.3, 0.4) is 0 Å². The molecule has 1 atom stereocenters. The van der Waals surface area contributed by atoms with Crippen molar-refractivity contribution >= 4 is 23.5 Å². The summed E-state index contributed by atoms with van der Waals surface area (Å²) in [6.07, 6.45) is 3.24. The lowest BCUT2D eigenvalue weighted by Gasteiger charge is -2.12.